The third-order valence-electron chi connectivity index (χ3n) is 6.68. The van der Waals surface area contributed by atoms with Gasteiger partial charge in [0.05, 0.1) is 21.3 Å². The fourth-order valence-electron chi connectivity index (χ4n) is 4.66. The highest BCUT2D eigenvalue weighted by Gasteiger charge is 2.54. The molecule has 0 bridgehead atoms. The number of thiophene rings is 1. The van der Waals surface area contributed by atoms with Crippen molar-refractivity contribution < 1.29 is 33.3 Å². The van der Waals surface area contributed by atoms with Crippen molar-refractivity contribution in [1.82, 2.24) is 5.32 Å². The molecule has 2 aromatic rings. The summed E-state index contributed by atoms with van der Waals surface area (Å²) in [6.07, 6.45) is 2.45. The van der Waals surface area contributed by atoms with Crippen molar-refractivity contribution in [2.24, 2.45) is 5.92 Å². The van der Waals surface area contributed by atoms with Crippen LogP contribution in [0.3, 0.4) is 0 Å². The number of ketones is 1. The molecule has 1 aliphatic heterocycles. The SMILES string of the molecule is COC(=O)C1=C[C@H](c2ccsc2)C2=C(C[C@@H](C)[C@](C=O)(Oc3c(C)c(OC)cc(OC)c3Cl)C2=O)N1. The normalized spacial score (nSPS) is 23.3. The minimum atomic E-state index is -1.86. The average Bonchev–Trinajstić information content (AvgIpc) is 3.42. The second-order valence-electron chi connectivity index (χ2n) is 8.62. The molecule has 4 rings (SSSR count). The maximum absolute atomic E-state index is 14.2. The Labute approximate surface area is 217 Å². The van der Waals surface area contributed by atoms with Crippen LogP contribution in [-0.2, 0) is 19.1 Å². The van der Waals surface area contributed by atoms with E-state index in [-0.39, 0.29) is 28.6 Å². The number of dihydropyridines is 1. The van der Waals surface area contributed by atoms with E-state index in [1.165, 1.54) is 32.7 Å². The number of halogens is 1. The highest BCUT2D eigenvalue weighted by atomic mass is 35.5. The van der Waals surface area contributed by atoms with Gasteiger partial charge < -0.3 is 24.3 Å². The predicted molar refractivity (Wildman–Crippen MR) is 135 cm³/mol. The fourth-order valence-corrected chi connectivity index (χ4v) is 5.66. The zero-order chi connectivity index (χ0) is 26.2. The third-order valence-corrected chi connectivity index (χ3v) is 7.74. The summed E-state index contributed by atoms with van der Waals surface area (Å²) in [5.74, 6) is -1.37. The topological polar surface area (TPSA) is 100 Å². The zero-order valence-electron chi connectivity index (χ0n) is 20.5. The van der Waals surface area contributed by atoms with Gasteiger partial charge in [0, 0.05) is 34.7 Å². The molecule has 0 unspecified atom stereocenters. The molecule has 1 aromatic carbocycles. The van der Waals surface area contributed by atoms with Crippen LogP contribution in [0.4, 0.5) is 0 Å². The molecule has 3 atom stereocenters. The van der Waals surface area contributed by atoms with Crippen molar-refractivity contribution in [3.8, 4) is 17.2 Å². The largest absolute Gasteiger partial charge is 0.496 e. The van der Waals surface area contributed by atoms with E-state index in [0.717, 1.165) is 5.56 Å². The van der Waals surface area contributed by atoms with Gasteiger partial charge in [-0.25, -0.2) is 4.79 Å². The molecule has 0 radical (unpaired) electrons. The molecule has 1 aliphatic carbocycles. The van der Waals surface area contributed by atoms with Gasteiger partial charge in [-0.2, -0.15) is 11.3 Å². The number of benzene rings is 1. The minimum Gasteiger partial charge on any atom is -0.496 e. The average molecular weight is 532 g/mol. The molecule has 36 heavy (non-hydrogen) atoms. The fraction of sp³-hybridized carbons (Fsp3) is 0.346. The number of carbonyl (C=O) groups excluding carboxylic acids is 3. The summed E-state index contributed by atoms with van der Waals surface area (Å²) in [4.78, 5) is 39.3. The van der Waals surface area contributed by atoms with Crippen LogP contribution in [-0.4, -0.2) is 45.0 Å². The summed E-state index contributed by atoms with van der Waals surface area (Å²) >= 11 is 8.04. The van der Waals surface area contributed by atoms with Gasteiger partial charge in [-0.3, -0.25) is 9.59 Å². The van der Waals surface area contributed by atoms with Crippen LogP contribution >= 0.6 is 22.9 Å². The second kappa shape index (κ2) is 9.99. The number of aldehydes is 1. The van der Waals surface area contributed by atoms with Gasteiger partial charge in [-0.05, 0) is 41.8 Å². The Morgan fingerprint density at radius 3 is 2.56 bits per heavy atom. The van der Waals surface area contributed by atoms with Gasteiger partial charge in [0.2, 0.25) is 11.4 Å². The van der Waals surface area contributed by atoms with E-state index in [2.05, 4.69) is 5.32 Å². The highest BCUT2D eigenvalue weighted by molar-refractivity contribution is 7.08. The van der Waals surface area contributed by atoms with E-state index in [9.17, 15) is 14.4 Å². The summed E-state index contributed by atoms with van der Waals surface area (Å²) in [5.41, 5.74) is 0.623. The Hall–Kier alpha value is -3.30. The Morgan fingerprint density at radius 1 is 1.25 bits per heavy atom. The molecule has 2 heterocycles. The van der Waals surface area contributed by atoms with Crippen LogP contribution in [0.5, 0.6) is 17.2 Å². The molecule has 2 aliphatic rings. The smallest absolute Gasteiger partial charge is 0.354 e. The highest BCUT2D eigenvalue weighted by Crippen LogP contribution is 2.48. The molecule has 0 saturated heterocycles. The molecule has 0 fully saturated rings. The van der Waals surface area contributed by atoms with Crippen molar-refractivity contribution in [3.63, 3.8) is 0 Å². The molecule has 0 saturated carbocycles. The number of hydrogen-bond acceptors (Lipinski definition) is 9. The number of esters is 1. The molecule has 8 nitrogen and oxygen atoms in total. The molecular formula is C26H26ClNO7S. The summed E-state index contributed by atoms with van der Waals surface area (Å²) in [6, 6.07) is 3.49. The quantitative estimate of drug-likeness (QED) is 0.320. The van der Waals surface area contributed by atoms with E-state index in [1.54, 1.807) is 26.0 Å². The second-order valence-corrected chi connectivity index (χ2v) is 9.78. The lowest BCUT2D eigenvalue weighted by molar-refractivity contribution is -0.144. The van der Waals surface area contributed by atoms with Crippen LogP contribution in [0.15, 0.2) is 45.9 Å². The van der Waals surface area contributed by atoms with Crippen LogP contribution in [0, 0.1) is 12.8 Å². The zero-order valence-corrected chi connectivity index (χ0v) is 22.0. The lowest BCUT2D eigenvalue weighted by Crippen LogP contribution is -2.57. The number of hydrogen-bond donors (Lipinski definition) is 1. The van der Waals surface area contributed by atoms with Gasteiger partial charge in [-0.1, -0.05) is 18.5 Å². The van der Waals surface area contributed by atoms with Gasteiger partial charge in [0.25, 0.3) is 0 Å². The number of rotatable bonds is 7. The first-order valence-electron chi connectivity index (χ1n) is 11.2. The van der Waals surface area contributed by atoms with Gasteiger partial charge in [0.1, 0.15) is 22.2 Å². The van der Waals surface area contributed by atoms with Crippen molar-refractivity contribution in [1.29, 1.82) is 0 Å². The van der Waals surface area contributed by atoms with Crippen LogP contribution in [0.2, 0.25) is 5.02 Å². The summed E-state index contributed by atoms with van der Waals surface area (Å²) in [6.45, 7) is 3.47. The van der Waals surface area contributed by atoms with Crippen LogP contribution in [0.25, 0.3) is 0 Å². The van der Waals surface area contributed by atoms with E-state index in [0.29, 0.717) is 28.9 Å². The van der Waals surface area contributed by atoms with Gasteiger partial charge >= 0.3 is 5.97 Å². The summed E-state index contributed by atoms with van der Waals surface area (Å²) in [5, 5.41) is 6.96. The summed E-state index contributed by atoms with van der Waals surface area (Å²) < 4.78 is 22.0. The number of allylic oxidation sites excluding steroid dienone is 2. The Bertz CT molecular complexity index is 1260. The monoisotopic (exact) mass is 531 g/mol. The molecule has 0 spiro atoms. The first kappa shape index (κ1) is 25.8. The molecule has 190 valence electrons. The molecule has 1 N–H and O–H groups in total. The van der Waals surface area contributed by atoms with Crippen molar-refractivity contribution in [3.05, 3.63) is 62.1 Å². The number of nitrogens with one attached hydrogen (secondary N) is 1. The van der Waals surface area contributed by atoms with E-state index >= 15 is 0 Å². The Morgan fingerprint density at radius 2 is 1.97 bits per heavy atom. The molecule has 1 aromatic heterocycles. The van der Waals surface area contributed by atoms with Crippen molar-refractivity contribution in [2.75, 3.05) is 21.3 Å². The lowest BCUT2D eigenvalue weighted by atomic mass is 9.69. The standard InChI is InChI=1S/C26H26ClNO7S/c1-13-8-17-21(16(15-6-7-36-11-15)9-18(28-17)25(31)34-5)24(30)26(13,12-29)35-23-14(2)19(32-3)10-20(33-4)22(23)27/h6-7,9-13,16,28H,8H2,1-5H3/t13-,16-,26+/m1/s1. The first-order valence-corrected chi connectivity index (χ1v) is 12.5. The number of carbonyl (C=O) groups is 3. The summed E-state index contributed by atoms with van der Waals surface area (Å²) in [7, 11) is 4.23. The van der Waals surface area contributed by atoms with E-state index in [4.69, 9.17) is 30.5 Å². The maximum atomic E-state index is 14.2. The molecular weight excluding hydrogens is 506 g/mol. The lowest BCUT2D eigenvalue weighted by Gasteiger charge is -2.42. The minimum absolute atomic E-state index is 0.126. The van der Waals surface area contributed by atoms with Crippen molar-refractivity contribution >= 4 is 41.0 Å². The third kappa shape index (κ3) is 4.06. The van der Waals surface area contributed by atoms with Crippen molar-refractivity contribution in [2.45, 2.75) is 31.8 Å². The molecule has 0 amide bonds. The van der Waals surface area contributed by atoms with Crippen LogP contribution in [0.1, 0.15) is 30.4 Å². The van der Waals surface area contributed by atoms with Gasteiger partial charge in [0.15, 0.2) is 12.0 Å². The Kier molecular flexibility index (Phi) is 7.15. The van der Waals surface area contributed by atoms with E-state index < -0.39 is 29.2 Å². The molecule has 10 heteroatoms. The van der Waals surface area contributed by atoms with E-state index in [1.807, 2.05) is 16.8 Å². The number of ether oxygens (including phenoxy) is 4. The maximum Gasteiger partial charge on any atom is 0.354 e. The van der Waals surface area contributed by atoms with Crippen LogP contribution < -0.4 is 19.5 Å². The van der Waals surface area contributed by atoms with Gasteiger partial charge in [-0.15, -0.1) is 0 Å². The predicted octanol–water partition coefficient (Wildman–Crippen LogP) is 4.35. The Balaban J connectivity index is 1.85. The number of methoxy groups -OCH3 is 3. The first-order chi connectivity index (χ1) is 17.2. The number of Topliss-reactive ketones (excluding diaryl/α,β-unsaturated/α-hetero) is 1.